The summed E-state index contributed by atoms with van der Waals surface area (Å²) in [5.41, 5.74) is -0.301. The Bertz CT molecular complexity index is 776. The molecule has 4 rings (SSSR count). The number of hydrogen-bond donors (Lipinski definition) is 1. The van der Waals surface area contributed by atoms with Crippen LogP contribution in [0.3, 0.4) is 0 Å². The number of anilines is 1. The van der Waals surface area contributed by atoms with Crippen molar-refractivity contribution in [1.82, 2.24) is 15.1 Å². The number of halogens is 1. The molecule has 0 bridgehead atoms. The summed E-state index contributed by atoms with van der Waals surface area (Å²) in [6.07, 6.45) is 0.605. The number of nitrogens with one attached hydrogen (secondary N) is 1. The molecule has 7 nitrogen and oxygen atoms in total. The van der Waals surface area contributed by atoms with Gasteiger partial charge in [0.25, 0.3) is 5.91 Å². The molecule has 1 unspecified atom stereocenters. The molecular formula is C18H21FN4O3S. The predicted molar refractivity (Wildman–Crippen MR) is 100 cm³/mol. The zero-order valence-electron chi connectivity index (χ0n) is 14.8. The van der Waals surface area contributed by atoms with E-state index >= 15 is 0 Å². The second-order valence-corrected chi connectivity index (χ2v) is 8.13. The predicted octanol–water partition coefficient (Wildman–Crippen LogP) is 0.902. The molecule has 0 aliphatic carbocycles. The Labute approximate surface area is 160 Å². The van der Waals surface area contributed by atoms with Gasteiger partial charge < -0.3 is 15.1 Å². The van der Waals surface area contributed by atoms with Crippen LogP contribution in [0.2, 0.25) is 0 Å². The molecule has 1 atom stereocenters. The van der Waals surface area contributed by atoms with Crippen LogP contribution < -0.4 is 10.2 Å². The number of carbonyl (C=O) groups excluding carboxylic acids is 3. The minimum absolute atomic E-state index is 0.239. The molecule has 1 aromatic rings. The minimum Gasteiger partial charge on any atom is -0.366 e. The second-order valence-electron chi connectivity index (χ2n) is 7.03. The monoisotopic (exact) mass is 392 g/mol. The zero-order valence-corrected chi connectivity index (χ0v) is 15.6. The SMILES string of the molecule is O=C(CN1C(=O)NC2(CCSC2)C1=O)N1CCN(c2ccccc2F)CC1. The fourth-order valence-corrected chi connectivity index (χ4v) is 5.12. The summed E-state index contributed by atoms with van der Waals surface area (Å²) >= 11 is 1.63. The molecule has 0 saturated carbocycles. The summed E-state index contributed by atoms with van der Waals surface area (Å²) in [4.78, 5) is 42.0. The van der Waals surface area contributed by atoms with E-state index in [1.165, 1.54) is 6.07 Å². The first-order chi connectivity index (χ1) is 13.0. The number of benzene rings is 1. The van der Waals surface area contributed by atoms with Gasteiger partial charge in [0.2, 0.25) is 5.91 Å². The van der Waals surface area contributed by atoms with Crippen molar-refractivity contribution in [1.29, 1.82) is 0 Å². The van der Waals surface area contributed by atoms with Crippen LogP contribution in [0, 0.1) is 5.82 Å². The molecule has 1 spiro atoms. The highest BCUT2D eigenvalue weighted by atomic mass is 32.2. The van der Waals surface area contributed by atoms with E-state index in [-0.39, 0.29) is 24.2 Å². The number of rotatable bonds is 3. The first kappa shape index (κ1) is 18.1. The standard InChI is InChI=1S/C18H21FN4O3S/c19-13-3-1-2-4-14(13)21-6-8-22(9-7-21)15(24)11-23-16(25)18(20-17(23)26)5-10-27-12-18/h1-4H,5-12H2,(H,20,26). The molecule has 27 heavy (non-hydrogen) atoms. The van der Waals surface area contributed by atoms with Gasteiger partial charge in [-0.15, -0.1) is 0 Å². The summed E-state index contributed by atoms with van der Waals surface area (Å²) in [7, 11) is 0. The van der Waals surface area contributed by atoms with Gasteiger partial charge in [-0.1, -0.05) is 12.1 Å². The lowest BCUT2D eigenvalue weighted by Gasteiger charge is -2.36. The van der Waals surface area contributed by atoms with Crippen molar-refractivity contribution in [3.8, 4) is 0 Å². The van der Waals surface area contributed by atoms with Gasteiger partial charge in [0.05, 0.1) is 5.69 Å². The van der Waals surface area contributed by atoms with E-state index in [0.29, 0.717) is 44.0 Å². The quantitative estimate of drug-likeness (QED) is 0.774. The molecule has 3 saturated heterocycles. The third-order valence-corrected chi connectivity index (χ3v) is 6.58. The van der Waals surface area contributed by atoms with Crippen molar-refractivity contribution in [2.75, 3.05) is 49.1 Å². The number of hydrogen-bond acceptors (Lipinski definition) is 5. The van der Waals surface area contributed by atoms with Crippen LogP contribution in [0.15, 0.2) is 24.3 Å². The van der Waals surface area contributed by atoms with Crippen molar-refractivity contribution in [3.05, 3.63) is 30.1 Å². The van der Waals surface area contributed by atoms with Crippen molar-refractivity contribution in [2.45, 2.75) is 12.0 Å². The van der Waals surface area contributed by atoms with Gasteiger partial charge in [-0.2, -0.15) is 11.8 Å². The first-order valence-electron chi connectivity index (χ1n) is 8.99. The van der Waals surface area contributed by atoms with Gasteiger partial charge in [-0.3, -0.25) is 14.5 Å². The molecule has 0 aromatic heterocycles. The molecule has 3 heterocycles. The third-order valence-electron chi connectivity index (χ3n) is 5.39. The smallest absolute Gasteiger partial charge is 0.325 e. The average molecular weight is 392 g/mol. The number of imide groups is 1. The van der Waals surface area contributed by atoms with Gasteiger partial charge >= 0.3 is 6.03 Å². The molecule has 0 radical (unpaired) electrons. The van der Waals surface area contributed by atoms with Crippen molar-refractivity contribution < 1.29 is 18.8 Å². The molecular weight excluding hydrogens is 371 g/mol. The number of amides is 4. The zero-order chi connectivity index (χ0) is 19.0. The molecule has 9 heteroatoms. The molecule has 3 aliphatic rings. The summed E-state index contributed by atoms with van der Waals surface area (Å²) < 4.78 is 13.9. The molecule has 1 N–H and O–H groups in total. The lowest BCUT2D eigenvalue weighted by atomic mass is 9.99. The third kappa shape index (κ3) is 3.24. The normalized spacial score (nSPS) is 25.4. The average Bonchev–Trinajstić information content (AvgIpc) is 3.23. The number of para-hydroxylation sites is 1. The lowest BCUT2D eigenvalue weighted by Crippen LogP contribution is -2.52. The van der Waals surface area contributed by atoms with Gasteiger partial charge in [-0.05, 0) is 24.3 Å². The summed E-state index contributed by atoms with van der Waals surface area (Å²) in [5.74, 6) is 0.552. The Morgan fingerprint density at radius 1 is 1.19 bits per heavy atom. The number of thioether (sulfide) groups is 1. The number of urea groups is 1. The summed E-state index contributed by atoms with van der Waals surface area (Å²) in [6, 6.07) is 6.08. The van der Waals surface area contributed by atoms with Crippen LogP contribution >= 0.6 is 11.8 Å². The fraction of sp³-hybridized carbons (Fsp3) is 0.500. The molecule has 4 amide bonds. The van der Waals surface area contributed by atoms with E-state index in [1.54, 1.807) is 34.9 Å². The van der Waals surface area contributed by atoms with Gasteiger partial charge in [-0.25, -0.2) is 9.18 Å². The van der Waals surface area contributed by atoms with E-state index in [0.717, 1.165) is 10.7 Å². The van der Waals surface area contributed by atoms with Crippen molar-refractivity contribution in [2.24, 2.45) is 0 Å². The minimum atomic E-state index is -0.828. The van der Waals surface area contributed by atoms with Crippen LogP contribution in [0.25, 0.3) is 0 Å². The Morgan fingerprint density at radius 2 is 1.93 bits per heavy atom. The molecule has 3 aliphatic heterocycles. The molecule has 144 valence electrons. The number of carbonyl (C=O) groups is 3. The van der Waals surface area contributed by atoms with Crippen LogP contribution in [0.1, 0.15) is 6.42 Å². The second kappa shape index (κ2) is 7.03. The van der Waals surface area contributed by atoms with Gasteiger partial charge in [0.15, 0.2) is 0 Å². The highest BCUT2D eigenvalue weighted by Gasteiger charge is 2.53. The Hall–Kier alpha value is -2.29. The Morgan fingerprint density at radius 3 is 2.59 bits per heavy atom. The van der Waals surface area contributed by atoms with Gasteiger partial charge in [0.1, 0.15) is 17.9 Å². The number of nitrogens with zero attached hydrogens (tertiary/aromatic N) is 3. The summed E-state index contributed by atoms with van der Waals surface area (Å²) in [6.45, 7) is 1.63. The first-order valence-corrected chi connectivity index (χ1v) is 10.1. The van der Waals surface area contributed by atoms with E-state index in [4.69, 9.17) is 0 Å². The highest BCUT2D eigenvalue weighted by molar-refractivity contribution is 7.99. The van der Waals surface area contributed by atoms with Crippen LogP contribution in [-0.4, -0.2) is 77.4 Å². The van der Waals surface area contributed by atoms with E-state index in [9.17, 15) is 18.8 Å². The van der Waals surface area contributed by atoms with E-state index in [1.807, 2.05) is 4.90 Å². The van der Waals surface area contributed by atoms with Crippen LogP contribution in [0.5, 0.6) is 0 Å². The Balaban J connectivity index is 1.35. The van der Waals surface area contributed by atoms with Gasteiger partial charge in [0, 0.05) is 31.9 Å². The topological polar surface area (TPSA) is 73.0 Å². The number of piperazine rings is 1. The molecule has 1 aromatic carbocycles. The fourth-order valence-electron chi connectivity index (χ4n) is 3.79. The van der Waals surface area contributed by atoms with E-state index < -0.39 is 11.6 Å². The largest absolute Gasteiger partial charge is 0.366 e. The lowest BCUT2D eigenvalue weighted by molar-refractivity contribution is -0.138. The Kier molecular flexibility index (Phi) is 4.71. The maximum atomic E-state index is 13.9. The maximum Gasteiger partial charge on any atom is 0.325 e. The maximum absolute atomic E-state index is 13.9. The molecule has 3 fully saturated rings. The van der Waals surface area contributed by atoms with E-state index in [2.05, 4.69) is 5.32 Å². The van der Waals surface area contributed by atoms with Crippen LogP contribution in [0.4, 0.5) is 14.9 Å². The van der Waals surface area contributed by atoms with Crippen molar-refractivity contribution in [3.63, 3.8) is 0 Å². The highest BCUT2D eigenvalue weighted by Crippen LogP contribution is 2.33. The van der Waals surface area contributed by atoms with Crippen LogP contribution in [-0.2, 0) is 9.59 Å². The van der Waals surface area contributed by atoms with Crippen molar-refractivity contribution >= 4 is 35.3 Å². The summed E-state index contributed by atoms with van der Waals surface area (Å²) in [5, 5.41) is 2.77.